The summed E-state index contributed by atoms with van der Waals surface area (Å²) in [5.41, 5.74) is 2.64. The van der Waals surface area contributed by atoms with Crippen LogP contribution in [0.25, 0.3) is 0 Å². The maximum absolute atomic E-state index is 12.0. The first-order chi connectivity index (χ1) is 12.4. The van der Waals surface area contributed by atoms with Crippen molar-refractivity contribution < 1.29 is 19.1 Å². The Morgan fingerprint density at radius 2 is 1.73 bits per heavy atom. The number of amides is 1. The molecule has 0 aliphatic heterocycles. The first-order valence-corrected chi connectivity index (χ1v) is 8.25. The van der Waals surface area contributed by atoms with Crippen molar-refractivity contribution in [1.82, 2.24) is 5.32 Å². The molecular formula is C20H24N2O4. The molecule has 0 bridgehead atoms. The Hall–Kier alpha value is -3.02. The van der Waals surface area contributed by atoms with Crippen molar-refractivity contribution in [1.29, 1.82) is 0 Å². The van der Waals surface area contributed by atoms with Crippen molar-refractivity contribution >= 4 is 17.4 Å². The van der Waals surface area contributed by atoms with E-state index in [-0.39, 0.29) is 18.3 Å². The van der Waals surface area contributed by atoms with E-state index in [1.807, 2.05) is 43.3 Å². The quantitative estimate of drug-likeness (QED) is 0.737. The molecule has 2 rings (SSSR count). The normalized spacial score (nSPS) is 10.2. The Morgan fingerprint density at radius 1 is 1.04 bits per heavy atom. The second kappa shape index (κ2) is 8.89. The number of carbonyl (C=O) groups is 2. The molecule has 0 unspecified atom stereocenters. The molecule has 2 aromatic rings. The third kappa shape index (κ3) is 5.24. The van der Waals surface area contributed by atoms with E-state index >= 15 is 0 Å². The van der Waals surface area contributed by atoms with Gasteiger partial charge in [0.05, 0.1) is 7.11 Å². The second-order valence-corrected chi connectivity index (χ2v) is 6.05. The molecule has 0 spiro atoms. The van der Waals surface area contributed by atoms with Crippen molar-refractivity contribution in [2.75, 3.05) is 32.7 Å². The van der Waals surface area contributed by atoms with E-state index in [0.717, 1.165) is 11.3 Å². The Morgan fingerprint density at radius 3 is 2.31 bits per heavy atom. The molecular weight excluding hydrogens is 332 g/mol. The van der Waals surface area contributed by atoms with Crippen LogP contribution in [0.4, 0.5) is 5.69 Å². The van der Waals surface area contributed by atoms with Gasteiger partial charge in [0.15, 0.2) is 23.9 Å². The lowest BCUT2D eigenvalue weighted by Crippen LogP contribution is -2.28. The minimum absolute atomic E-state index is 0.0621. The predicted octanol–water partition coefficient (Wildman–Crippen LogP) is 2.66. The standard InChI is InChI=1S/C20H24N2O4/c1-14(23)16-7-10-18(19(11-16)25-4)26-13-20(24)21-12-15-5-8-17(9-6-15)22(2)3/h5-11H,12-13H2,1-4H3,(H,21,24). The number of rotatable bonds is 8. The summed E-state index contributed by atoms with van der Waals surface area (Å²) in [5, 5.41) is 2.81. The molecule has 0 aromatic heterocycles. The van der Waals surface area contributed by atoms with Crippen LogP contribution < -0.4 is 19.7 Å². The molecule has 0 radical (unpaired) electrons. The summed E-state index contributed by atoms with van der Waals surface area (Å²) in [7, 11) is 5.44. The number of ether oxygens (including phenoxy) is 2. The van der Waals surface area contributed by atoms with Gasteiger partial charge in [-0.15, -0.1) is 0 Å². The highest BCUT2D eigenvalue weighted by Gasteiger charge is 2.10. The lowest BCUT2D eigenvalue weighted by molar-refractivity contribution is -0.123. The summed E-state index contributed by atoms with van der Waals surface area (Å²) in [6.45, 7) is 1.77. The van der Waals surface area contributed by atoms with Gasteiger partial charge in [-0.3, -0.25) is 9.59 Å². The fraction of sp³-hybridized carbons (Fsp3) is 0.300. The largest absolute Gasteiger partial charge is 0.493 e. The Labute approximate surface area is 153 Å². The molecule has 2 aromatic carbocycles. The number of methoxy groups -OCH3 is 1. The summed E-state index contributed by atoms with van der Waals surface area (Å²) in [5.74, 6) is 0.542. The van der Waals surface area contributed by atoms with Gasteiger partial charge in [0, 0.05) is 31.9 Å². The van der Waals surface area contributed by atoms with Gasteiger partial charge in [-0.05, 0) is 42.8 Å². The first-order valence-electron chi connectivity index (χ1n) is 8.25. The number of carbonyl (C=O) groups excluding carboxylic acids is 2. The SMILES string of the molecule is COc1cc(C(C)=O)ccc1OCC(=O)NCc1ccc(N(C)C)cc1. The highest BCUT2D eigenvalue weighted by molar-refractivity contribution is 5.94. The van der Waals surface area contributed by atoms with Gasteiger partial charge in [-0.2, -0.15) is 0 Å². The van der Waals surface area contributed by atoms with Crippen molar-refractivity contribution in [2.45, 2.75) is 13.5 Å². The molecule has 138 valence electrons. The van der Waals surface area contributed by atoms with Crippen LogP contribution in [0.3, 0.4) is 0 Å². The number of anilines is 1. The van der Waals surface area contributed by atoms with Gasteiger partial charge in [0.2, 0.25) is 0 Å². The van der Waals surface area contributed by atoms with Crippen molar-refractivity contribution in [3.8, 4) is 11.5 Å². The number of nitrogens with one attached hydrogen (secondary N) is 1. The minimum atomic E-state index is -0.237. The van der Waals surface area contributed by atoms with Crippen LogP contribution in [-0.4, -0.2) is 39.5 Å². The molecule has 6 heteroatoms. The number of nitrogens with zero attached hydrogens (tertiary/aromatic N) is 1. The first kappa shape index (κ1) is 19.3. The fourth-order valence-corrected chi connectivity index (χ4v) is 2.31. The van der Waals surface area contributed by atoms with Crippen LogP contribution in [0, 0.1) is 0 Å². The summed E-state index contributed by atoms with van der Waals surface area (Å²) < 4.78 is 10.7. The summed E-state index contributed by atoms with van der Waals surface area (Å²) in [6.07, 6.45) is 0. The van der Waals surface area contributed by atoms with E-state index < -0.39 is 0 Å². The van der Waals surface area contributed by atoms with Crippen LogP contribution in [0.5, 0.6) is 11.5 Å². The van der Waals surface area contributed by atoms with Crippen molar-refractivity contribution in [2.24, 2.45) is 0 Å². The molecule has 1 N–H and O–H groups in total. The molecule has 0 heterocycles. The van der Waals surface area contributed by atoms with E-state index in [0.29, 0.717) is 23.6 Å². The topological polar surface area (TPSA) is 67.9 Å². The Balaban J connectivity index is 1.87. The van der Waals surface area contributed by atoms with Gasteiger partial charge in [0.1, 0.15) is 0 Å². The van der Waals surface area contributed by atoms with Gasteiger partial charge in [-0.1, -0.05) is 12.1 Å². The summed E-state index contributed by atoms with van der Waals surface area (Å²) in [6, 6.07) is 12.8. The molecule has 0 aliphatic carbocycles. The molecule has 1 amide bonds. The van der Waals surface area contributed by atoms with E-state index in [1.165, 1.54) is 14.0 Å². The van der Waals surface area contributed by atoms with Crippen LogP contribution in [0.1, 0.15) is 22.8 Å². The molecule has 0 saturated heterocycles. The number of benzene rings is 2. The van der Waals surface area contributed by atoms with Gasteiger partial charge >= 0.3 is 0 Å². The molecule has 0 aliphatic rings. The average Bonchev–Trinajstić information content (AvgIpc) is 2.64. The summed E-state index contributed by atoms with van der Waals surface area (Å²) in [4.78, 5) is 25.4. The monoisotopic (exact) mass is 356 g/mol. The zero-order valence-electron chi connectivity index (χ0n) is 15.5. The molecule has 26 heavy (non-hydrogen) atoms. The highest BCUT2D eigenvalue weighted by atomic mass is 16.5. The highest BCUT2D eigenvalue weighted by Crippen LogP contribution is 2.28. The van der Waals surface area contributed by atoms with Crippen molar-refractivity contribution in [3.63, 3.8) is 0 Å². The van der Waals surface area contributed by atoms with E-state index in [4.69, 9.17) is 9.47 Å². The lowest BCUT2D eigenvalue weighted by Gasteiger charge is -2.13. The Kier molecular flexibility index (Phi) is 6.60. The zero-order chi connectivity index (χ0) is 19.1. The average molecular weight is 356 g/mol. The maximum atomic E-state index is 12.0. The van der Waals surface area contributed by atoms with Crippen LogP contribution in [0.2, 0.25) is 0 Å². The maximum Gasteiger partial charge on any atom is 0.258 e. The van der Waals surface area contributed by atoms with Crippen LogP contribution in [-0.2, 0) is 11.3 Å². The van der Waals surface area contributed by atoms with Gasteiger partial charge < -0.3 is 19.7 Å². The third-order valence-electron chi connectivity index (χ3n) is 3.87. The molecule has 0 saturated carbocycles. The van der Waals surface area contributed by atoms with Gasteiger partial charge in [0.25, 0.3) is 5.91 Å². The van der Waals surface area contributed by atoms with Crippen LogP contribution in [0.15, 0.2) is 42.5 Å². The number of ketones is 1. The second-order valence-electron chi connectivity index (χ2n) is 6.05. The van der Waals surface area contributed by atoms with Crippen molar-refractivity contribution in [3.05, 3.63) is 53.6 Å². The molecule has 0 atom stereocenters. The Bertz CT molecular complexity index is 770. The third-order valence-corrected chi connectivity index (χ3v) is 3.87. The van der Waals surface area contributed by atoms with E-state index in [2.05, 4.69) is 5.32 Å². The lowest BCUT2D eigenvalue weighted by atomic mass is 10.1. The number of hydrogen-bond acceptors (Lipinski definition) is 5. The molecule has 0 fully saturated rings. The van der Waals surface area contributed by atoms with E-state index in [9.17, 15) is 9.59 Å². The zero-order valence-corrected chi connectivity index (χ0v) is 15.5. The van der Waals surface area contributed by atoms with Gasteiger partial charge in [-0.25, -0.2) is 0 Å². The summed E-state index contributed by atoms with van der Waals surface area (Å²) >= 11 is 0. The van der Waals surface area contributed by atoms with Crippen LogP contribution >= 0.6 is 0 Å². The smallest absolute Gasteiger partial charge is 0.258 e. The van der Waals surface area contributed by atoms with E-state index in [1.54, 1.807) is 18.2 Å². The number of hydrogen-bond donors (Lipinski definition) is 1. The minimum Gasteiger partial charge on any atom is -0.493 e. The fourth-order valence-electron chi connectivity index (χ4n) is 2.31. The molecule has 6 nitrogen and oxygen atoms in total. The predicted molar refractivity (Wildman–Crippen MR) is 101 cm³/mol. The number of Topliss-reactive ketones (excluding diaryl/α,β-unsaturated/α-hetero) is 1.